The van der Waals surface area contributed by atoms with Gasteiger partial charge in [0.2, 0.25) is 11.8 Å². The number of carboxylic acids is 1. The second kappa shape index (κ2) is 5.64. The van der Waals surface area contributed by atoms with Gasteiger partial charge in [-0.15, -0.1) is 11.8 Å². The molecule has 7 heteroatoms. The van der Waals surface area contributed by atoms with Gasteiger partial charge in [-0.25, -0.2) is 4.79 Å². The molecule has 0 spiro atoms. The summed E-state index contributed by atoms with van der Waals surface area (Å²) < 4.78 is 0. The van der Waals surface area contributed by atoms with Crippen molar-refractivity contribution in [1.29, 1.82) is 0 Å². The van der Waals surface area contributed by atoms with Gasteiger partial charge in [0.1, 0.15) is 17.5 Å². The number of carboxylic acid groups (broad SMARTS) is 1. The van der Waals surface area contributed by atoms with E-state index < -0.39 is 18.1 Å². The van der Waals surface area contributed by atoms with Crippen LogP contribution in [-0.4, -0.2) is 50.5 Å². The maximum Gasteiger partial charge on any atom is 0.327 e. The molecule has 0 saturated carbocycles. The Kier molecular flexibility index (Phi) is 3.82. The van der Waals surface area contributed by atoms with E-state index in [1.54, 1.807) is 6.92 Å². The van der Waals surface area contributed by atoms with Crippen molar-refractivity contribution in [2.75, 3.05) is 0 Å². The summed E-state index contributed by atoms with van der Waals surface area (Å²) in [6.07, 6.45) is 0.208. The van der Waals surface area contributed by atoms with E-state index in [0.717, 1.165) is 5.56 Å². The van der Waals surface area contributed by atoms with Gasteiger partial charge in [0.05, 0.1) is 6.42 Å². The lowest BCUT2D eigenvalue weighted by Crippen LogP contribution is -2.70. The van der Waals surface area contributed by atoms with Gasteiger partial charge in [-0.1, -0.05) is 37.3 Å². The number of nitrogens with one attached hydrogen (secondary N) is 1. The molecule has 2 heterocycles. The van der Waals surface area contributed by atoms with Crippen LogP contribution in [0.5, 0.6) is 0 Å². The van der Waals surface area contributed by atoms with Crippen LogP contribution in [0.3, 0.4) is 0 Å². The van der Waals surface area contributed by atoms with E-state index in [9.17, 15) is 19.5 Å². The van der Waals surface area contributed by atoms with Crippen LogP contribution in [-0.2, 0) is 20.8 Å². The lowest BCUT2D eigenvalue weighted by atomic mass is 10.0. The first-order valence-electron chi connectivity index (χ1n) is 7.03. The van der Waals surface area contributed by atoms with Crippen LogP contribution in [0.15, 0.2) is 30.3 Å². The van der Waals surface area contributed by atoms with Gasteiger partial charge in [-0.05, 0) is 5.56 Å². The monoisotopic (exact) mass is 320 g/mol. The van der Waals surface area contributed by atoms with Gasteiger partial charge >= 0.3 is 5.97 Å². The van der Waals surface area contributed by atoms with Crippen molar-refractivity contribution in [1.82, 2.24) is 10.2 Å². The van der Waals surface area contributed by atoms with E-state index in [1.165, 1.54) is 16.7 Å². The molecular formula is C15H16N2O4S. The molecule has 116 valence electrons. The van der Waals surface area contributed by atoms with E-state index >= 15 is 0 Å². The fourth-order valence-corrected chi connectivity index (χ4v) is 4.45. The highest BCUT2D eigenvalue weighted by Crippen LogP contribution is 2.44. The molecular weight excluding hydrogens is 304 g/mol. The molecule has 2 amide bonds. The normalized spacial score (nSPS) is 29.7. The number of nitrogens with zero attached hydrogens (tertiary/aromatic N) is 1. The molecule has 1 aromatic carbocycles. The summed E-state index contributed by atoms with van der Waals surface area (Å²) in [5, 5.41) is 11.5. The predicted octanol–water partition coefficient (Wildman–Crippen LogP) is 0.471. The van der Waals surface area contributed by atoms with Crippen LogP contribution in [0.4, 0.5) is 0 Å². The standard InChI is InChI=1S/C15H16N2O4S/c1-8-12(15(20)21)17-13(19)11(14(17)22-8)16-10(18)7-9-5-3-2-4-6-9/h2-6,8,11-12,14H,7H2,1H3,(H,16,18)(H,20,21)/t8?,11?,12?,14-/m1/s1. The van der Waals surface area contributed by atoms with Crippen molar-refractivity contribution >= 4 is 29.5 Å². The quantitative estimate of drug-likeness (QED) is 0.788. The fraction of sp³-hybridized carbons (Fsp3) is 0.400. The molecule has 0 bridgehead atoms. The van der Waals surface area contributed by atoms with Crippen LogP contribution in [0.1, 0.15) is 12.5 Å². The van der Waals surface area contributed by atoms with Gasteiger partial charge in [0.15, 0.2) is 0 Å². The van der Waals surface area contributed by atoms with Crippen LogP contribution in [0.2, 0.25) is 0 Å². The minimum absolute atomic E-state index is 0.178. The minimum Gasteiger partial charge on any atom is -0.480 e. The smallest absolute Gasteiger partial charge is 0.327 e. The molecule has 2 N–H and O–H groups in total. The average Bonchev–Trinajstić information content (AvgIpc) is 2.80. The number of aliphatic carboxylic acids is 1. The number of hydrogen-bond acceptors (Lipinski definition) is 4. The van der Waals surface area contributed by atoms with Crippen LogP contribution in [0, 0.1) is 0 Å². The molecule has 4 atom stereocenters. The summed E-state index contributed by atoms with van der Waals surface area (Å²) in [5.41, 5.74) is 0.875. The zero-order valence-electron chi connectivity index (χ0n) is 11.9. The van der Waals surface area contributed by atoms with Crippen LogP contribution < -0.4 is 5.32 Å². The fourth-order valence-electron chi connectivity index (χ4n) is 2.90. The number of hydrogen-bond donors (Lipinski definition) is 2. The third kappa shape index (κ3) is 2.45. The van der Waals surface area contributed by atoms with Crippen molar-refractivity contribution in [2.24, 2.45) is 0 Å². The third-order valence-corrected chi connectivity index (χ3v) is 5.42. The lowest BCUT2D eigenvalue weighted by Gasteiger charge is -2.43. The summed E-state index contributed by atoms with van der Waals surface area (Å²) in [7, 11) is 0. The summed E-state index contributed by atoms with van der Waals surface area (Å²) in [6, 6.07) is 7.85. The van der Waals surface area contributed by atoms with Gasteiger partial charge < -0.3 is 15.3 Å². The Morgan fingerprint density at radius 1 is 1.32 bits per heavy atom. The first-order chi connectivity index (χ1) is 10.5. The first kappa shape index (κ1) is 14.9. The summed E-state index contributed by atoms with van der Waals surface area (Å²) in [4.78, 5) is 36.8. The molecule has 1 aromatic rings. The molecule has 2 saturated heterocycles. The highest BCUT2D eigenvalue weighted by atomic mass is 32.2. The first-order valence-corrected chi connectivity index (χ1v) is 7.97. The largest absolute Gasteiger partial charge is 0.480 e. The number of thioether (sulfide) groups is 1. The van der Waals surface area contributed by atoms with Gasteiger partial charge in [0.25, 0.3) is 0 Å². The van der Waals surface area contributed by atoms with Crippen molar-refractivity contribution in [2.45, 2.75) is 36.1 Å². The van der Waals surface area contributed by atoms with Gasteiger partial charge in [-0.2, -0.15) is 0 Å². The summed E-state index contributed by atoms with van der Waals surface area (Å²) in [5.74, 6) is -1.53. The Bertz CT molecular complexity index is 621. The Labute approximate surface area is 131 Å². The van der Waals surface area contributed by atoms with Crippen LogP contribution >= 0.6 is 11.8 Å². The highest BCUT2D eigenvalue weighted by molar-refractivity contribution is 8.01. The summed E-state index contributed by atoms with van der Waals surface area (Å²) >= 11 is 1.42. The topological polar surface area (TPSA) is 86.7 Å². The molecule has 2 aliphatic rings. The second-order valence-electron chi connectivity index (χ2n) is 5.47. The SMILES string of the molecule is CC1S[C@@H]2C(NC(=O)Cc3ccccc3)C(=O)N2C1C(=O)O. The second-order valence-corrected chi connectivity index (χ2v) is 6.97. The predicted molar refractivity (Wildman–Crippen MR) is 81.2 cm³/mol. The van der Waals surface area contributed by atoms with E-state index in [0.29, 0.717) is 0 Å². The van der Waals surface area contributed by atoms with E-state index in [2.05, 4.69) is 5.32 Å². The number of carbonyl (C=O) groups excluding carboxylic acids is 2. The Hall–Kier alpha value is -2.02. The maximum atomic E-state index is 12.1. The highest BCUT2D eigenvalue weighted by Gasteiger charge is 2.60. The number of amides is 2. The third-order valence-electron chi connectivity index (χ3n) is 3.96. The zero-order chi connectivity index (χ0) is 15.9. The van der Waals surface area contributed by atoms with Crippen molar-refractivity contribution in [3.8, 4) is 0 Å². The van der Waals surface area contributed by atoms with E-state index in [4.69, 9.17) is 0 Å². The minimum atomic E-state index is -0.995. The molecule has 2 fully saturated rings. The van der Waals surface area contributed by atoms with Crippen molar-refractivity contribution in [3.63, 3.8) is 0 Å². The van der Waals surface area contributed by atoms with Crippen LogP contribution in [0.25, 0.3) is 0 Å². The van der Waals surface area contributed by atoms with Crippen molar-refractivity contribution in [3.05, 3.63) is 35.9 Å². The molecule has 2 aliphatic heterocycles. The number of fused-ring (bicyclic) bond motifs is 1. The Morgan fingerprint density at radius 3 is 2.64 bits per heavy atom. The summed E-state index contributed by atoms with van der Waals surface area (Å²) in [6.45, 7) is 1.79. The molecule has 6 nitrogen and oxygen atoms in total. The van der Waals surface area contributed by atoms with E-state index in [1.807, 2.05) is 30.3 Å². The molecule has 0 radical (unpaired) electrons. The Morgan fingerprint density at radius 2 is 2.00 bits per heavy atom. The molecule has 0 aromatic heterocycles. The average molecular weight is 320 g/mol. The molecule has 3 unspecified atom stereocenters. The van der Waals surface area contributed by atoms with Crippen molar-refractivity contribution < 1.29 is 19.5 Å². The molecule has 3 rings (SSSR count). The Balaban J connectivity index is 1.62. The zero-order valence-corrected chi connectivity index (χ0v) is 12.7. The van der Waals surface area contributed by atoms with E-state index in [-0.39, 0.29) is 28.9 Å². The molecule has 0 aliphatic carbocycles. The lowest BCUT2D eigenvalue weighted by molar-refractivity contribution is -0.159. The van der Waals surface area contributed by atoms with Gasteiger partial charge in [0, 0.05) is 5.25 Å². The number of benzene rings is 1. The van der Waals surface area contributed by atoms with Gasteiger partial charge in [-0.3, -0.25) is 9.59 Å². The number of β-lactam (4-membered cyclic amide) rings is 1. The maximum absolute atomic E-state index is 12.1. The molecule has 22 heavy (non-hydrogen) atoms. The number of rotatable bonds is 4. The number of carbonyl (C=O) groups is 3.